The number of likely N-dealkylation sites (tertiary alicyclic amines) is 1. The van der Waals surface area contributed by atoms with Crippen molar-refractivity contribution in [3.8, 4) is 22.8 Å². The highest BCUT2D eigenvalue weighted by molar-refractivity contribution is 5.93. The number of piperidine rings is 1. The van der Waals surface area contributed by atoms with E-state index in [1.54, 1.807) is 41.6 Å². The molecule has 6 nitrogen and oxygen atoms in total. The lowest BCUT2D eigenvalue weighted by Crippen LogP contribution is -2.40. The normalized spacial score (nSPS) is 16.0. The fraction of sp³-hybridized carbons (Fsp3) is 0.192. The van der Waals surface area contributed by atoms with Gasteiger partial charge in [0.05, 0.1) is 11.6 Å². The Kier molecular flexibility index (Phi) is 5.60. The molecule has 5 rings (SSSR count). The second-order valence-corrected chi connectivity index (χ2v) is 8.03. The number of aromatic nitrogens is 3. The largest absolute Gasteiger partial charge is 0.454 e. The van der Waals surface area contributed by atoms with Crippen molar-refractivity contribution in [3.05, 3.63) is 85.5 Å². The predicted octanol–water partition coefficient (Wildman–Crippen LogP) is 5.38. The van der Waals surface area contributed by atoms with Gasteiger partial charge in [0.2, 0.25) is 5.91 Å². The molecule has 1 aliphatic heterocycles. The monoisotopic (exact) mass is 442 g/mol. The van der Waals surface area contributed by atoms with E-state index in [9.17, 15) is 9.18 Å². The van der Waals surface area contributed by atoms with Crippen LogP contribution in [0.1, 0.15) is 18.9 Å². The molecule has 1 aliphatic rings. The van der Waals surface area contributed by atoms with Crippen molar-refractivity contribution in [2.75, 3.05) is 13.1 Å². The van der Waals surface area contributed by atoms with Crippen molar-refractivity contribution in [1.82, 2.24) is 19.7 Å². The molecule has 1 unspecified atom stereocenters. The van der Waals surface area contributed by atoms with E-state index in [0.29, 0.717) is 30.1 Å². The van der Waals surface area contributed by atoms with E-state index < -0.39 is 5.82 Å². The number of hydrogen-bond donors (Lipinski definition) is 0. The minimum atomic E-state index is -0.469. The number of carbonyl (C=O) groups excluding carboxylic acids is 1. The summed E-state index contributed by atoms with van der Waals surface area (Å²) < 4.78 is 22.6. The van der Waals surface area contributed by atoms with Crippen LogP contribution in [-0.4, -0.2) is 38.7 Å². The summed E-state index contributed by atoms with van der Waals surface area (Å²) in [4.78, 5) is 18.2. The summed E-state index contributed by atoms with van der Waals surface area (Å²) >= 11 is 0. The Bertz CT molecular complexity index is 1320. The lowest BCUT2D eigenvalue weighted by atomic mass is 10.1. The van der Waals surface area contributed by atoms with Crippen LogP contribution >= 0.6 is 0 Å². The summed E-state index contributed by atoms with van der Waals surface area (Å²) in [6.45, 7) is 4.87. The number of fused-ring (bicyclic) bond motifs is 1. The number of nitrogens with zero attached hydrogens (tertiary/aromatic N) is 4. The van der Waals surface area contributed by atoms with E-state index >= 15 is 0 Å². The predicted molar refractivity (Wildman–Crippen MR) is 124 cm³/mol. The topological polar surface area (TPSA) is 60.2 Å². The number of ether oxygens (including phenoxy) is 1. The first-order valence-corrected chi connectivity index (χ1v) is 10.9. The van der Waals surface area contributed by atoms with E-state index in [2.05, 4.69) is 11.6 Å². The zero-order chi connectivity index (χ0) is 22.8. The van der Waals surface area contributed by atoms with Crippen molar-refractivity contribution < 1.29 is 13.9 Å². The standard InChI is InChI=1S/C26H23FN4O2/c1-2-25(32)30-14-6-7-19(17-30)31-23-12-13-28-16-21(23)26(29-31)18-10-11-24(22(27)15-18)33-20-8-4-3-5-9-20/h2-5,8-13,15-16,19H,1,6-7,14,17H2. The minimum Gasteiger partial charge on any atom is -0.454 e. The molecule has 0 aliphatic carbocycles. The first-order chi connectivity index (χ1) is 16.1. The van der Waals surface area contributed by atoms with Gasteiger partial charge in [-0.2, -0.15) is 5.10 Å². The molecule has 33 heavy (non-hydrogen) atoms. The molecule has 3 heterocycles. The fourth-order valence-electron chi connectivity index (χ4n) is 4.31. The number of halogens is 1. The Morgan fingerprint density at radius 2 is 2.03 bits per heavy atom. The number of para-hydroxylation sites is 1. The summed E-state index contributed by atoms with van der Waals surface area (Å²) in [5, 5.41) is 5.70. The van der Waals surface area contributed by atoms with E-state index in [1.807, 2.05) is 28.9 Å². The zero-order valence-corrected chi connectivity index (χ0v) is 18.0. The maximum Gasteiger partial charge on any atom is 0.246 e. The summed E-state index contributed by atoms with van der Waals surface area (Å²) in [5.74, 6) is 0.175. The fourth-order valence-corrected chi connectivity index (χ4v) is 4.31. The lowest BCUT2D eigenvalue weighted by molar-refractivity contribution is -0.127. The molecule has 0 radical (unpaired) electrons. The van der Waals surface area contributed by atoms with E-state index in [0.717, 1.165) is 23.7 Å². The summed E-state index contributed by atoms with van der Waals surface area (Å²) in [6, 6.07) is 15.9. The number of rotatable bonds is 5. The van der Waals surface area contributed by atoms with Crippen molar-refractivity contribution >= 4 is 16.8 Å². The van der Waals surface area contributed by atoms with E-state index in [-0.39, 0.29) is 17.7 Å². The molecule has 0 bridgehead atoms. The third-order valence-corrected chi connectivity index (χ3v) is 5.91. The number of benzene rings is 2. The van der Waals surface area contributed by atoms with Crippen molar-refractivity contribution in [2.45, 2.75) is 18.9 Å². The van der Waals surface area contributed by atoms with Crippen LogP contribution in [0.5, 0.6) is 11.5 Å². The van der Waals surface area contributed by atoms with Crippen LogP contribution < -0.4 is 4.74 Å². The highest BCUT2D eigenvalue weighted by Crippen LogP contribution is 2.34. The lowest BCUT2D eigenvalue weighted by Gasteiger charge is -2.32. The maximum absolute atomic E-state index is 14.9. The Balaban J connectivity index is 1.50. The van der Waals surface area contributed by atoms with Crippen LogP contribution in [0.2, 0.25) is 0 Å². The van der Waals surface area contributed by atoms with Gasteiger partial charge in [0, 0.05) is 36.4 Å². The summed E-state index contributed by atoms with van der Waals surface area (Å²) in [6.07, 6.45) is 6.59. The molecular formula is C26H23FN4O2. The van der Waals surface area contributed by atoms with Crippen LogP contribution in [0.25, 0.3) is 22.2 Å². The maximum atomic E-state index is 14.9. The van der Waals surface area contributed by atoms with Gasteiger partial charge in [0.15, 0.2) is 11.6 Å². The molecule has 0 N–H and O–H groups in total. The zero-order valence-electron chi connectivity index (χ0n) is 18.0. The highest BCUT2D eigenvalue weighted by atomic mass is 19.1. The molecular weight excluding hydrogens is 419 g/mol. The second-order valence-electron chi connectivity index (χ2n) is 8.03. The molecule has 1 amide bonds. The first-order valence-electron chi connectivity index (χ1n) is 10.9. The quantitative estimate of drug-likeness (QED) is 0.390. The third kappa shape index (κ3) is 4.09. The van der Waals surface area contributed by atoms with Gasteiger partial charge in [-0.3, -0.25) is 14.5 Å². The molecule has 1 atom stereocenters. The Morgan fingerprint density at radius 1 is 1.18 bits per heavy atom. The Hall–Kier alpha value is -4.00. The third-order valence-electron chi connectivity index (χ3n) is 5.91. The van der Waals surface area contributed by atoms with Gasteiger partial charge in [0.1, 0.15) is 11.4 Å². The average molecular weight is 442 g/mol. The average Bonchev–Trinajstić information content (AvgIpc) is 3.25. The Morgan fingerprint density at radius 3 is 2.82 bits per heavy atom. The number of hydrogen-bond acceptors (Lipinski definition) is 4. The number of carbonyl (C=O) groups is 1. The van der Waals surface area contributed by atoms with Crippen LogP contribution in [0.15, 0.2) is 79.6 Å². The molecule has 4 aromatic rings. The van der Waals surface area contributed by atoms with Gasteiger partial charge < -0.3 is 9.64 Å². The van der Waals surface area contributed by atoms with Crippen molar-refractivity contribution in [2.24, 2.45) is 0 Å². The van der Waals surface area contributed by atoms with Crippen LogP contribution in [-0.2, 0) is 4.79 Å². The smallest absolute Gasteiger partial charge is 0.246 e. The minimum absolute atomic E-state index is 0.0202. The van der Waals surface area contributed by atoms with Gasteiger partial charge in [0.25, 0.3) is 0 Å². The molecule has 2 aromatic heterocycles. The summed E-state index contributed by atoms with van der Waals surface area (Å²) in [7, 11) is 0. The van der Waals surface area contributed by atoms with Gasteiger partial charge in [-0.15, -0.1) is 0 Å². The molecule has 0 saturated carbocycles. The van der Waals surface area contributed by atoms with E-state index in [4.69, 9.17) is 9.84 Å². The molecule has 1 fully saturated rings. The van der Waals surface area contributed by atoms with E-state index in [1.165, 1.54) is 12.1 Å². The SMILES string of the molecule is C=CC(=O)N1CCCC(n2nc(-c3ccc(Oc4ccccc4)c(F)c3)c3cnccc32)C1. The van der Waals surface area contributed by atoms with Crippen molar-refractivity contribution in [3.63, 3.8) is 0 Å². The molecule has 0 spiro atoms. The Labute approximate surface area is 190 Å². The van der Waals surface area contributed by atoms with Crippen molar-refractivity contribution in [1.29, 1.82) is 0 Å². The van der Waals surface area contributed by atoms with Crippen LogP contribution in [0.4, 0.5) is 4.39 Å². The molecule has 1 saturated heterocycles. The highest BCUT2D eigenvalue weighted by Gasteiger charge is 2.26. The molecule has 166 valence electrons. The first kappa shape index (κ1) is 20.9. The van der Waals surface area contributed by atoms with Crippen LogP contribution in [0.3, 0.4) is 0 Å². The molecule has 7 heteroatoms. The van der Waals surface area contributed by atoms with Gasteiger partial charge in [-0.1, -0.05) is 24.8 Å². The van der Waals surface area contributed by atoms with Crippen LogP contribution in [0, 0.1) is 5.82 Å². The molecule has 2 aromatic carbocycles. The second kappa shape index (κ2) is 8.86. The summed E-state index contributed by atoms with van der Waals surface area (Å²) in [5.41, 5.74) is 2.19. The van der Waals surface area contributed by atoms with Gasteiger partial charge in [-0.25, -0.2) is 4.39 Å². The number of pyridine rings is 1. The van der Waals surface area contributed by atoms with Gasteiger partial charge >= 0.3 is 0 Å². The number of amides is 1. The van der Waals surface area contributed by atoms with Gasteiger partial charge in [-0.05, 0) is 55.3 Å².